The first-order valence-electron chi connectivity index (χ1n) is 21.0. The van der Waals surface area contributed by atoms with E-state index in [0.29, 0.717) is 12.8 Å². The predicted octanol–water partition coefficient (Wildman–Crippen LogP) is 12.8. The average Bonchev–Trinajstić information content (AvgIpc) is 3.07. The van der Waals surface area contributed by atoms with Crippen molar-refractivity contribution in [3.05, 3.63) is 24.3 Å². The molecule has 0 bridgehead atoms. The summed E-state index contributed by atoms with van der Waals surface area (Å²) in [6, 6.07) is -0.537. The van der Waals surface area contributed by atoms with E-state index in [0.717, 1.165) is 32.1 Å². The summed E-state index contributed by atoms with van der Waals surface area (Å²) in [6.07, 6.45) is 49.6. The Morgan fingerprint density at radius 1 is 0.511 bits per heavy atom. The van der Waals surface area contributed by atoms with Gasteiger partial charge >= 0.3 is 0 Å². The molecule has 3 N–H and O–H groups in total. The molecule has 0 aliphatic rings. The van der Waals surface area contributed by atoms with Crippen molar-refractivity contribution in [1.82, 2.24) is 5.32 Å². The van der Waals surface area contributed by atoms with E-state index < -0.39 is 12.1 Å². The van der Waals surface area contributed by atoms with E-state index in [9.17, 15) is 15.0 Å². The minimum Gasteiger partial charge on any atom is -0.394 e. The molecule has 0 aromatic rings. The van der Waals surface area contributed by atoms with Crippen molar-refractivity contribution >= 4 is 5.91 Å². The molecule has 278 valence electrons. The topological polar surface area (TPSA) is 69.6 Å². The van der Waals surface area contributed by atoms with Gasteiger partial charge in [0.05, 0.1) is 18.8 Å². The van der Waals surface area contributed by atoms with Crippen LogP contribution in [0.25, 0.3) is 0 Å². The van der Waals surface area contributed by atoms with Crippen LogP contribution < -0.4 is 5.32 Å². The predicted molar refractivity (Wildman–Crippen MR) is 207 cm³/mol. The highest BCUT2D eigenvalue weighted by molar-refractivity contribution is 5.76. The van der Waals surface area contributed by atoms with E-state index in [2.05, 4.69) is 43.5 Å². The first kappa shape index (κ1) is 45.9. The zero-order chi connectivity index (χ0) is 34.3. The molecule has 0 radical (unpaired) electrons. The summed E-state index contributed by atoms with van der Waals surface area (Å²) < 4.78 is 0. The molecule has 0 saturated carbocycles. The third-order valence-electron chi connectivity index (χ3n) is 9.72. The fourth-order valence-electron chi connectivity index (χ4n) is 6.45. The lowest BCUT2D eigenvalue weighted by Crippen LogP contribution is -2.45. The Kier molecular flexibility index (Phi) is 38.4. The zero-order valence-corrected chi connectivity index (χ0v) is 31.8. The number of amides is 1. The first-order chi connectivity index (χ1) is 23.2. The third kappa shape index (κ3) is 36.0. The number of carbonyl (C=O) groups is 1. The van der Waals surface area contributed by atoms with Crippen LogP contribution in [0, 0.1) is 0 Å². The van der Waals surface area contributed by atoms with Gasteiger partial charge in [-0.1, -0.05) is 199 Å². The van der Waals surface area contributed by atoms with Gasteiger partial charge in [-0.25, -0.2) is 0 Å². The van der Waals surface area contributed by atoms with Crippen molar-refractivity contribution in [3.8, 4) is 0 Å². The Balaban J connectivity index is 3.53. The van der Waals surface area contributed by atoms with E-state index in [-0.39, 0.29) is 12.5 Å². The van der Waals surface area contributed by atoms with Crippen LogP contribution in [0.15, 0.2) is 24.3 Å². The Labute approximate surface area is 294 Å². The number of hydrogen-bond donors (Lipinski definition) is 3. The molecule has 47 heavy (non-hydrogen) atoms. The summed E-state index contributed by atoms with van der Waals surface area (Å²) in [6.45, 7) is 4.35. The van der Waals surface area contributed by atoms with E-state index in [1.807, 2.05) is 0 Å². The molecule has 4 heteroatoms. The Morgan fingerprint density at radius 3 is 1.28 bits per heavy atom. The van der Waals surface area contributed by atoms with Gasteiger partial charge in [0.1, 0.15) is 0 Å². The van der Waals surface area contributed by atoms with Crippen molar-refractivity contribution in [2.45, 2.75) is 238 Å². The smallest absolute Gasteiger partial charge is 0.220 e. The average molecular weight is 662 g/mol. The second kappa shape index (κ2) is 39.3. The summed E-state index contributed by atoms with van der Waals surface area (Å²) in [7, 11) is 0. The van der Waals surface area contributed by atoms with E-state index >= 15 is 0 Å². The van der Waals surface area contributed by atoms with Crippen molar-refractivity contribution in [1.29, 1.82) is 0 Å². The summed E-state index contributed by atoms with van der Waals surface area (Å²) in [4.78, 5) is 12.4. The second-order valence-electron chi connectivity index (χ2n) is 14.4. The van der Waals surface area contributed by atoms with Crippen LogP contribution in [0.4, 0.5) is 0 Å². The minimum atomic E-state index is -0.659. The third-order valence-corrected chi connectivity index (χ3v) is 9.72. The lowest BCUT2D eigenvalue weighted by Gasteiger charge is -2.22. The van der Waals surface area contributed by atoms with Crippen LogP contribution in [0.5, 0.6) is 0 Å². The lowest BCUT2D eigenvalue weighted by atomic mass is 10.0. The molecule has 0 fully saturated rings. The van der Waals surface area contributed by atoms with Gasteiger partial charge in [-0.2, -0.15) is 0 Å². The van der Waals surface area contributed by atoms with Gasteiger partial charge < -0.3 is 15.5 Å². The van der Waals surface area contributed by atoms with Gasteiger partial charge in [0.25, 0.3) is 0 Å². The largest absolute Gasteiger partial charge is 0.394 e. The van der Waals surface area contributed by atoms with Crippen LogP contribution in [0.1, 0.15) is 226 Å². The number of aliphatic hydroxyl groups is 2. The Morgan fingerprint density at radius 2 is 0.872 bits per heavy atom. The number of hydrogen-bond acceptors (Lipinski definition) is 3. The molecule has 0 spiro atoms. The minimum absolute atomic E-state index is 0.0390. The normalized spacial score (nSPS) is 13.2. The standard InChI is InChI=1S/C43H83NO3/c1-3-5-7-9-11-13-15-17-18-19-20-21-22-23-24-25-26-27-29-31-33-35-37-39-43(47)44-41(40-45)42(46)38-36-34-32-30-28-16-14-12-10-8-6-4-2/h20-21,23-24,41-42,45-46H,3-19,22,25-40H2,1-2H3,(H,44,47)/b21-20-,24-23-. The molecule has 4 nitrogen and oxygen atoms in total. The van der Waals surface area contributed by atoms with Crippen LogP contribution in [0.3, 0.4) is 0 Å². The van der Waals surface area contributed by atoms with E-state index in [1.54, 1.807) is 0 Å². The molecule has 0 aromatic carbocycles. The molecular weight excluding hydrogens is 578 g/mol. The van der Waals surface area contributed by atoms with Crippen molar-refractivity contribution < 1.29 is 15.0 Å². The molecule has 0 heterocycles. The maximum atomic E-state index is 12.4. The summed E-state index contributed by atoms with van der Waals surface area (Å²) in [5.41, 5.74) is 0. The first-order valence-corrected chi connectivity index (χ1v) is 21.0. The zero-order valence-electron chi connectivity index (χ0n) is 31.8. The van der Waals surface area contributed by atoms with Gasteiger partial charge in [0, 0.05) is 6.42 Å². The molecule has 0 rings (SSSR count). The van der Waals surface area contributed by atoms with Gasteiger partial charge in [-0.05, 0) is 44.9 Å². The number of nitrogens with one attached hydrogen (secondary N) is 1. The summed E-state index contributed by atoms with van der Waals surface area (Å²) >= 11 is 0. The highest BCUT2D eigenvalue weighted by Gasteiger charge is 2.19. The lowest BCUT2D eigenvalue weighted by molar-refractivity contribution is -0.123. The van der Waals surface area contributed by atoms with Gasteiger partial charge in [-0.3, -0.25) is 4.79 Å². The second-order valence-corrected chi connectivity index (χ2v) is 14.4. The number of carbonyl (C=O) groups excluding carboxylic acids is 1. The van der Waals surface area contributed by atoms with E-state index in [4.69, 9.17) is 0 Å². The number of aliphatic hydroxyl groups excluding tert-OH is 2. The quantitative estimate of drug-likeness (QED) is 0.0455. The summed E-state index contributed by atoms with van der Waals surface area (Å²) in [5, 5.41) is 23.1. The maximum absolute atomic E-state index is 12.4. The fourth-order valence-corrected chi connectivity index (χ4v) is 6.45. The van der Waals surface area contributed by atoms with E-state index in [1.165, 1.54) is 167 Å². The molecule has 2 unspecified atom stereocenters. The summed E-state index contributed by atoms with van der Waals surface area (Å²) in [5.74, 6) is -0.0390. The molecule has 0 aliphatic carbocycles. The van der Waals surface area contributed by atoms with Gasteiger partial charge in [0.2, 0.25) is 5.91 Å². The monoisotopic (exact) mass is 662 g/mol. The number of allylic oxidation sites excluding steroid dienone is 4. The molecule has 0 aliphatic heterocycles. The van der Waals surface area contributed by atoms with Crippen molar-refractivity contribution in [2.75, 3.05) is 6.61 Å². The molecule has 1 amide bonds. The van der Waals surface area contributed by atoms with Crippen LogP contribution in [-0.2, 0) is 4.79 Å². The van der Waals surface area contributed by atoms with Crippen molar-refractivity contribution in [3.63, 3.8) is 0 Å². The van der Waals surface area contributed by atoms with Crippen LogP contribution in [-0.4, -0.2) is 34.9 Å². The Bertz CT molecular complexity index is 676. The van der Waals surface area contributed by atoms with Crippen LogP contribution in [0.2, 0.25) is 0 Å². The highest BCUT2D eigenvalue weighted by Crippen LogP contribution is 2.15. The molecule has 0 aromatic heterocycles. The fraction of sp³-hybridized carbons (Fsp3) is 0.884. The maximum Gasteiger partial charge on any atom is 0.220 e. The number of unbranched alkanes of at least 4 members (excludes halogenated alkanes) is 27. The van der Waals surface area contributed by atoms with Crippen molar-refractivity contribution in [2.24, 2.45) is 0 Å². The molecule has 2 atom stereocenters. The Hall–Kier alpha value is -1.13. The highest BCUT2D eigenvalue weighted by atomic mass is 16.3. The van der Waals surface area contributed by atoms with Gasteiger partial charge in [0.15, 0.2) is 0 Å². The number of rotatable bonds is 38. The van der Waals surface area contributed by atoms with Gasteiger partial charge in [-0.15, -0.1) is 0 Å². The SMILES string of the molecule is CCCCCCCCCCC/C=C\C/C=C\CCCCCCCCCC(=O)NC(CO)C(O)CCCCCCCCCCCCCC. The molecule has 0 saturated heterocycles. The van der Waals surface area contributed by atoms with Crippen LogP contribution >= 0.6 is 0 Å². The molecular formula is C43H83NO3.